The highest BCUT2D eigenvalue weighted by atomic mass is 31.0. The van der Waals surface area contributed by atoms with Crippen molar-refractivity contribution in [2.75, 3.05) is 13.3 Å². The molecule has 0 aliphatic carbocycles. The molecule has 0 bridgehead atoms. The average Bonchev–Trinajstić information content (AvgIpc) is 2.69. The number of rotatable bonds is 2. The second-order valence-corrected chi connectivity index (χ2v) is 5.36. The van der Waals surface area contributed by atoms with E-state index in [1.54, 1.807) is 0 Å². The summed E-state index contributed by atoms with van der Waals surface area (Å²) < 4.78 is 0. The highest BCUT2D eigenvalue weighted by Gasteiger charge is 2.22. The van der Waals surface area contributed by atoms with Crippen LogP contribution < -0.4 is 0 Å². The van der Waals surface area contributed by atoms with Gasteiger partial charge in [0.05, 0.1) is 0 Å². The topological polar surface area (TPSA) is 0 Å². The smallest absolute Gasteiger partial charge is 0.0146 e. The first-order valence-electron chi connectivity index (χ1n) is 9.30. The maximum atomic E-state index is 2.42. The Balaban J connectivity index is -0.000000533. The van der Waals surface area contributed by atoms with E-state index in [1.807, 2.05) is 41.0 Å². The van der Waals surface area contributed by atoms with Crippen LogP contribution in [0.5, 0.6) is 0 Å². The van der Waals surface area contributed by atoms with Crippen molar-refractivity contribution in [1.29, 1.82) is 0 Å². The summed E-state index contributed by atoms with van der Waals surface area (Å²) in [4.78, 5) is 0. The molecule has 0 nitrogen and oxygen atoms in total. The quantitative estimate of drug-likeness (QED) is 0.469. The summed E-state index contributed by atoms with van der Waals surface area (Å²) in [6.07, 6.45) is 0. The van der Waals surface area contributed by atoms with Crippen LogP contribution in [-0.2, 0) is 5.41 Å². The van der Waals surface area contributed by atoms with Crippen molar-refractivity contribution in [3.63, 3.8) is 0 Å². The van der Waals surface area contributed by atoms with Gasteiger partial charge in [0.2, 0.25) is 0 Å². The summed E-state index contributed by atoms with van der Waals surface area (Å²) in [5, 5.41) is 0. The molecule has 2 atom stereocenters. The molecule has 0 radical (unpaired) electrons. The monoisotopic (exact) mass is 380 g/mol. The molecule has 2 aromatic carbocycles. The molecule has 0 aliphatic rings. The van der Waals surface area contributed by atoms with Gasteiger partial charge >= 0.3 is 0 Å². The Bertz CT molecular complexity index is 449. The van der Waals surface area contributed by atoms with E-state index >= 15 is 0 Å². The van der Waals surface area contributed by atoms with E-state index in [0.717, 1.165) is 0 Å². The minimum absolute atomic E-state index is 0.0708. The maximum absolute atomic E-state index is 2.42. The summed E-state index contributed by atoms with van der Waals surface area (Å²) in [6, 6.07) is 17.7. The van der Waals surface area contributed by atoms with Gasteiger partial charge in [-0.2, -0.15) is 0 Å². The third-order valence-electron chi connectivity index (χ3n) is 3.55. The summed E-state index contributed by atoms with van der Waals surface area (Å²) in [6.45, 7) is 20.6. The molecule has 0 heterocycles. The average molecular weight is 381 g/mol. The number of hydrogen-bond acceptors (Lipinski definition) is 0. The van der Waals surface area contributed by atoms with Crippen LogP contribution in [0.1, 0.15) is 63.8 Å². The highest BCUT2D eigenvalue weighted by Crippen LogP contribution is 2.31. The lowest BCUT2D eigenvalue weighted by molar-refractivity contribution is 0.640. The van der Waals surface area contributed by atoms with E-state index < -0.39 is 0 Å². The Labute approximate surface area is 163 Å². The lowest BCUT2D eigenvalue weighted by atomic mass is 9.78. The number of hydrogen-bond donors (Lipinski definition) is 0. The second kappa shape index (κ2) is 18.1. The van der Waals surface area contributed by atoms with Gasteiger partial charge in [-0.25, -0.2) is 0 Å². The Hall–Kier alpha value is -0.700. The van der Waals surface area contributed by atoms with Crippen molar-refractivity contribution < 1.29 is 0 Å². The van der Waals surface area contributed by atoms with E-state index in [4.69, 9.17) is 0 Å². The Morgan fingerprint density at radius 2 is 0.720 bits per heavy atom. The fourth-order valence-corrected chi connectivity index (χ4v) is 2.11. The fourth-order valence-electron chi connectivity index (χ4n) is 2.11. The zero-order chi connectivity index (χ0) is 20.5. The van der Waals surface area contributed by atoms with E-state index in [0.29, 0.717) is 0 Å². The maximum Gasteiger partial charge on any atom is 0.0146 e. The van der Waals surface area contributed by atoms with Crippen molar-refractivity contribution in [1.82, 2.24) is 0 Å². The third kappa shape index (κ3) is 10.8. The third-order valence-corrected chi connectivity index (χ3v) is 3.55. The molecule has 0 spiro atoms. The number of benzene rings is 2. The van der Waals surface area contributed by atoms with Gasteiger partial charge in [0.25, 0.3) is 0 Å². The van der Waals surface area contributed by atoms with Gasteiger partial charge in [0.15, 0.2) is 0 Å². The van der Waals surface area contributed by atoms with Crippen molar-refractivity contribution in [3.05, 3.63) is 70.8 Å². The molecule has 25 heavy (non-hydrogen) atoms. The van der Waals surface area contributed by atoms with Crippen LogP contribution in [0.2, 0.25) is 0 Å². The van der Waals surface area contributed by atoms with Gasteiger partial charge in [-0.05, 0) is 25.0 Å². The SMILES string of the molecule is CC.CC.CP.CP.Cc1ccc(C(C)(C)c2ccc(C)cc2)cc1. The van der Waals surface area contributed by atoms with Crippen LogP contribution in [0.25, 0.3) is 0 Å². The predicted molar refractivity (Wildman–Crippen MR) is 128 cm³/mol. The van der Waals surface area contributed by atoms with Crippen LogP contribution in [0.3, 0.4) is 0 Å². The highest BCUT2D eigenvalue weighted by molar-refractivity contribution is 7.15. The summed E-state index contributed by atoms with van der Waals surface area (Å²) in [5.74, 6) is 0. The molecule has 0 fully saturated rings. The van der Waals surface area contributed by atoms with E-state index in [-0.39, 0.29) is 5.41 Å². The van der Waals surface area contributed by atoms with Crippen molar-refractivity contribution in [2.45, 2.75) is 60.8 Å². The standard InChI is InChI=1S/C17H20.2C2H6.2CH5P/c1-13-5-9-15(10-6-13)17(3,4)16-11-7-14(2)8-12-16;4*1-2/h5-12H,1-4H3;2*1-2H3;2*2H2,1H3. The second-order valence-electron chi connectivity index (χ2n) is 5.36. The van der Waals surface area contributed by atoms with E-state index in [9.17, 15) is 0 Å². The summed E-state index contributed by atoms with van der Waals surface area (Å²) in [5.41, 5.74) is 5.43. The normalized spacial score (nSPS) is 8.80. The lowest BCUT2D eigenvalue weighted by Gasteiger charge is -2.26. The molecular formula is C23H42P2. The van der Waals surface area contributed by atoms with Gasteiger partial charge in [0, 0.05) is 5.41 Å². The summed E-state index contributed by atoms with van der Waals surface area (Å²) in [7, 11) is 4.83. The molecule has 0 saturated heterocycles. The molecule has 0 aliphatic heterocycles. The van der Waals surface area contributed by atoms with Gasteiger partial charge in [-0.15, -0.1) is 18.5 Å². The van der Waals surface area contributed by atoms with E-state index in [2.05, 4.69) is 94.7 Å². The lowest BCUT2D eigenvalue weighted by Crippen LogP contribution is -2.18. The van der Waals surface area contributed by atoms with Gasteiger partial charge in [-0.1, -0.05) is 115 Å². The first-order chi connectivity index (χ1) is 12.0. The molecule has 0 aromatic heterocycles. The molecule has 0 amide bonds. The van der Waals surface area contributed by atoms with Crippen molar-refractivity contribution in [2.24, 2.45) is 0 Å². The first kappa shape index (κ1) is 29.1. The fraction of sp³-hybridized carbons (Fsp3) is 0.478. The molecule has 2 aromatic rings. The molecule has 2 rings (SSSR count). The molecular weight excluding hydrogens is 338 g/mol. The Morgan fingerprint density at radius 3 is 0.920 bits per heavy atom. The van der Waals surface area contributed by atoms with Gasteiger partial charge in [-0.3, -0.25) is 0 Å². The molecule has 0 saturated carbocycles. The largest absolute Gasteiger partial charge is 0.141 e. The Morgan fingerprint density at radius 1 is 0.520 bits per heavy atom. The van der Waals surface area contributed by atoms with Gasteiger partial charge in [0.1, 0.15) is 0 Å². The van der Waals surface area contributed by atoms with Crippen molar-refractivity contribution in [3.8, 4) is 0 Å². The zero-order valence-corrected chi connectivity index (χ0v) is 20.6. The van der Waals surface area contributed by atoms with Crippen LogP contribution in [0, 0.1) is 13.8 Å². The Kier molecular flexibility index (Phi) is 21.1. The van der Waals surface area contributed by atoms with Gasteiger partial charge < -0.3 is 0 Å². The summed E-state index contributed by atoms with van der Waals surface area (Å²) >= 11 is 0. The molecule has 2 unspecified atom stereocenters. The molecule has 0 N–H and O–H groups in total. The van der Waals surface area contributed by atoms with E-state index in [1.165, 1.54) is 22.3 Å². The minimum Gasteiger partial charge on any atom is -0.141 e. The molecule has 144 valence electrons. The van der Waals surface area contributed by atoms with Crippen LogP contribution in [-0.4, -0.2) is 13.3 Å². The minimum atomic E-state index is 0.0708. The predicted octanol–water partition coefficient (Wildman–Crippen LogP) is 7.66. The van der Waals surface area contributed by atoms with Crippen LogP contribution in [0.15, 0.2) is 48.5 Å². The number of aryl methyl sites for hydroxylation is 2. The molecule has 2 heteroatoms. The van der Waals surface area contributed by atoms with Crippen LogP contribution in [0.4, 0.5) is 0 Å². The first-order valence-corrected chi connectivity index (χ1v) is 11.6. The van der Waals surface area contributed by atoms with Crippen LogP contribution >= 0.6 is 18.5 Å². The zero-order valence-electron chi connectivity index (χ0n) is 18.3. The van der Waals surface area contributed by atoms with Crippen molar-refractivity contribution >= 4 is 18.5 Å².